The van der Waals surface area contributed by atoms with Gasteiger partial charge in [0.1, 0.15) is 10.6 Å². The number of nitrogens with zero attached hydrogens (tertiary/aromatic N) is 1. The van der Waals surface area contributed by atoms with Crippen LogP contribution in [-0.4, -0.2) is 31.6 Å². The van der Waals surface area contributed by atoms with E-state index in [1.807, 2.05) is 37.3 Å². The van der Waals surface area contributed by atoms with Gasteiger partial charge in [-0.1, -0.05) is 35.5 Å². The van der Waals surface area contributed by atoms with Crippen LogP contribution in [0.25, 0.3) is 0 Å². The summed E-state index contributed by atoms with van der Waals surface area (Å²) in [4.78, 5) is 12.3. The van der Waals surface area contributed by atoms with Crippen molar-refractivity contribution in [2.45, 2.75) is 57.5 Å². The average Bonchev–Trinajstić information content (AvgIpc) is 2.93. The van der Waals surface area contributed by atoms with Gasteiger partial charge in [0.25, 0.3) is 0 Å². The van der Waals surface area contributed by atoms with Gasteiger partial charge in [0.05, 0.1) is 6.04 Å². The van der Waals surface area contributed by atoms with Crippen LogP contribution in [0.4, 0.5) is 0 Å². The standard InChI is InChI=1S/C18H25N3O4S/c1-12(10-11-16-8-6-5-7-9-16)19-18(22)14(3)21-26(23,24)17-13(2)20-25-15(17)4/h5-9,12,14,21H,10-11H2,1-4H3,(H,19,22)/t12-,14+/m1/s1. The zero-order valence-corrected chi connectivity index (χ0v) is 16.3. The van der Waals surface area contributed by atoms with E-state index in [0.717, 1.165) is 12.8 Å². The average molecular weight is 379 g/mol. The molecule has 2 aromatic rings. The Balaban J connectivity index is 1.90. The molecular formula is C18H25N3O4S. The van der Waals surface area contributed by atoms with Crippen molar-refractivity contribution in [2.75, 3.05) is 0 Å². The first-order valence-electron chi connectivity index (χ1n) is 8.50. The molecule has 0 radical (unpaired) electrons. The topological polar surface area (TPSA) is 101 Å². The van der Waals surface area contributed by atoms with Gasteiger partial charge in [-0.3, -0.25) is 4.79 Å². The molecule has 0 aliphatic rings. The largest absolute Gasteiger partial charge is 0.360 e. The van der Waals surface area contributed by atoms with Crippen LogP contribution in [0.15, 0.2) is 39.8 Å². The number of carbonyl (C=O) groups excluding carboxylic acids is 1. The number of benzene rings is 1. The predicted octanol–water partition coefficient (Wildman–Crippen LogP) is 2.10. The minimum absolute atomic E-state index is 0.0192. The fourth-order valence-electron chi connectivity index (χ4n) is 2.67. The molecule has 0 unspecified atom stereocenters. The molecule has 1 heterocycles. The third-order valence-electron chi connectivity index (χ3n) is 4.06. The van der Waals surface area contributed by atoms with Gasteiger partial charge < -0.3 is 9.84 Å². The molecule has 2 N–H and O–H groups in total. The lowest BCUT2D eigenvalue weighted by Gasteiger charge is -2.18. The van der Waals surface area contributed by atoms with Gasteiger partial charge in [0, 0.05) is 6.04 Å². The second kappa shape index (κ2) is 8.46. The minimum Gasteiger partial charge on any atom is -0.360 e. The van der Waals surface area contributed by atoms with E-state index in [-0.39, 0.29) is 28.3 Å². The van der Waals surface area contributed by atoms with E-state index in [2.05, 4.69) is 15.2 Å². The molecule has 1 aromatic carbocycles. The van der Waals surface area contributed by atoms with E-state index in [1.165, 1.54) is 19.4 Å². The van der Waals surface area contributed by atoms with E-state index in [9.17, 15) is 13.2 Å². The second-order valence-electron chi connectivity index (χ2n) is 6.43. The Morgan fingerprint density at radius 3 is 2.42 bits per heavy atom. The molecule has 0 bridgehead atoms. The number of aryl methyl sites for hydroxylation is 3. The summed E-state index contributed by atoms with van der Waals surface area (Å²) >= 11 is 0. The molecule has 0 aliphatic carbocycles. The molecule has 0 spiro atoms. The maximum absolute atomic E-state index is 12.5. The Morgan fingerprint density at radius 2 is 1.85 bits per heavy atom. The van der Waals surface area contributed by atoms with Gasteiger partial charge in [0.2, 0.25) is 15.9 Å². The molecule has 2 rings (SSSR count). The fraction of sp³-hybridized carbons (Fsp3) is 0.444. The summed E-state index contributed by atoms with van der Waals surface area (Å²) in [6.07, 6.45) is 1.60. The van der Waals surface area contributed by atoms with Gasteiger partial charge in [-0.05, 0) is 46.1 Å². The quantitative estimate of drug-likeness (QED) is 0.731. The summed E-state index contributed by atoms with van der Waals surface area (Å²) in [7, 11) is -3.88. The van der Waals surface area contributed by atoms with E-state index >= 15 is 0 Å². The van der Waals surface area contributed by atoms with Gasteiger partial charge in [-0.25, -0.2) is 8.42 Å². The highest BCUT2D eigenvalue weighted by Crippen LogP contribution is 2.18. The maximum Gasteiger partial charge on any atom is 0.246 e. The highest BCUT2D eigenvalue weighted by molar-refractivity contribution is 7.89. The smallest absolute Gasteiger partial charge is 0.246 e. The van der Waals surface area contributed by atoms with Crippen LogP contribution < -0.4 is 10.0 Å². The summed E-state index contributed by atoms with van der Waals surface area (Å²) < 4.78 is 32.2. The van der Waals surface area contributed by atoms with Crippen LogP contribution >= 0.6 is 0 Å². The first kappa shape index (κ1) is 20.1. The first-order chi connectivity index (χ1) is 12.2. The molecule has 0 aliphatic heterocycles. The van der Waals surface area contributed by atoms with Crippen LogP contribution in [0.1, 0.15) is 37.3 Å². The number of hydrogen-bond donors (Lipinski definition) is 2. The van der Waals surface area contributed by atoms with Crippen LogP contribution in [0, 0.1) is 13.8 Å². The van der Waals surface area contributed by atoms with Gasteiger partial charge in [-0.15, -0.1) is 0 Å². The zero-order valence-electron chi connectivity index (χ0n) is 15.4. The molecule has 0 saturated carbocycles. The van der Waals surface area contributed by atoms with Crippen molar-refractivity contribution in [1.29, 1.82) is 0 Å². The number of nitrogens with one attached hydrogen (secondary N) is 2. The second-order valence-corrected chi connectivity index (χ2v) is 8.08. The van der Waals surface area contributed by atoms with Crippen molar-refractivity contribution in [3.63, 3.8) is 0 Å². The minimum atomic E-state index is -3.88. The van der Waals surface area contributed by atoms with Crippen LogP contribution in [0.2, 0.25) is 0 Å². The maximum atomic E-state index is 12.5. The van der Waals surface area contributed by atoms with Crippen molar-refractivity contribution < 1.29 is 17.7 Å². The number of amides is 1. The summed E-state index contributed by atoms with van der Waals surface area (Å²) in [6.45, 7) is 6.47. The van der Waals surface area contributed by atoms with Crippen LogP contribution in [0.3, 0.4) is 0 Å². The third kappa shape index (κ3) is 5.15. The molecular weight excluding hydrogens is 354 g/mol. The normalized spacial score (nSPS) is 14.0. The van der Waals surface area contributed by atoms with Crippen molar-refractivity contribution in [3.05, 3.63) is 47.3 Å². The Labute approximate surface area is 154 Å². The Morgan fingerprint density at radius 1 is 1.19 bits per heavy atom. The van der Waals surface area contributed by atoms with Crippen molar-refractivity contribution in [3.8, 4) is 0 Å². The van der Waals surface area contributed by atoms with Gasteiger partial charge >= 0.3 is 0 Å². The Kier molecular flexibility index (Phi) is 6.55. The van der Waals surface area contributed by atoms with Crippen LogP contribution in [0.5, 0.6) is 0 Å². The Bertz CT molecular complexity index is 827. The fourth-order valence-corrected chi connectivity index (χ4v) is 4.20. The predicted molar refractivity (Wildman–Crippen MR) is 98.1 cm³/mol. The van der Waals surface area contributed by atoms with E-state index in [0.29, 0.717) is 0 Å². The van der Waals surface area contributed by atoms with Crippen molar-refractivity contribution >= 4 is 15.9 Å². The molecule has 0 fully saturated rings. The molecule has 2 atom stereocenters. The summed E-state index contributed by atoms with van der Waals surface area (Å²) in [5.41, 5.74) is 1.46. The van der Waals surface area contributed by atoms with Crippen molar-refractivity contribution in [2.24, 2.45) is 0 Å². The highest BCUT2D eigenvalue weighted by Gasteiger charge is 2.28. The lowest BCUT2D eigenvalue weighted by molar-refractivity contribution is -0.123. The SMILES string of the molecule is Cc1noc(C)c1S(=O)(=O)N[C@@H](C)C(=O)N[C@H](C)CCc1ccccc1. The summed E-state index contributed by atoms with van der Waals surface area (Å²) in [5.74, 6) is -0.181. The molecule has 1 aromatic heterocycles. The van der Waals surface area contributed by atoms with E-state index in [4.69, 9.17) is 4.52 Å². The summed E-state index contributed by atoms with van der Waals surface area (Å²) in [6, 6.07) is 9.00. The van der Waals surface area contributed by atoms with Gasteiger partial charge in [0.15, 0.2) is 5.76 Å². The molecule has 1 amide bonds. The number of rotatable bonds is 8. The lowest BCUT2D eigenvalue weighted by Crippen LogP contribution is -2.47. The number of sulfonamides is 1. The number of carbonyl (C=O) groups is 1. The molecule has 7 nitrogen and oxygen atoms in total. The van der Waals surface area contributed by atoms with Crippen molar-refractivity contribution in [1.82, 2.24) is 15.2 Å². The lowest BCUT2D eigenvalue weighted by atomic mass is 10.1. The monoisotopic (exact) mass is 379 g/mol. The number of hydrogen-bond acceptors (Lipinski definition) is 5. The Hall–Kier alpha value is -2.19. The van der Waals surface area contributed by atoms with Crippen LogP contribution in [-0.2, 0) is 21.2 Å². The van der Waals surface area contributed by atoms with Gasteiger partial charge in [-0.2, -0.15) is 4.72 Å². The van der Waals surface area contributed by atoms with E-state index < -0.39 is 16.1 Å². The molecule has 0 saturated heterocycles. The third-order valence-corrected chi connectivity index (χ3v) is 5.84. The van der Waals surface area contributed by atoms with E-state index in [1.54, 1.807) is 6.92 Å². The first-order valence-corrected chi connectivity index (χ1v) is 9.98. The molecule has 142 valence electrons. The molecule has 8 heteroatoms. The zero-order chi connectivity index (χ0) is 19.3. The highest BCUT2D eigenvalue weighted by atomic mass is 32.2. The number of aromatic nitrogens is 1. The summed E-state index contributed by atoms with van der Waals surface area (Å²) in [5, 5.41) is 6.48. The molecule has 26 heavy (non-hydrogen) atoms.